The van der Waals surface area contributed by atoms with Crippen molar-refractivity contribution in [3.63, 3.8) is 0 Å². The molecule has 1 aliphatic heterocycles. The molecule has 0 saturated carbocycles. The van der Waals surface area contributed by atoms with Crippen molar-refractivity contribution in [2.75, 3.05) is 33.2 Å². The smallest absolute Gasteiger partial charge is 0.191 e. The Balaban J connectivity index is 0.00000484. The van der Waals surface area contributed by atoms with E-state index in [2.05, 4.69) is 48.2 Å². The number of halogens is 1. The van der Waals surface area contributed by atoms with Crippen LogP contribution in [0, 0.1) is 11.8 Å². The summed E-state index contributed by atoms with van der Waals surface area (Å²) in [7, 11) is 1.87. The molecule has 0 aromatic heterocycles. The Morgan fingerprint density at radius 3 is 2.35 bits per heavy atom. The molecular weight excluding hydrogens is 399 g/mol. The van der Waals surface area contributed by atoms with Crippen LogP contribution in [0.4, 0.5) is 0 Å². The highest BCUT2D eigenvalue weighted by Gasteiger charge is 2.17. The first-order valence-electron chi connectivity index (χ1n) is 9.24. The highest BCUT2D eigenvalue weighted by Crippen LogP contribution is 2.19. The van der Waals surface area contributed by atoms with Gasteiger partial charge in [-0.2, -0.15) is 0 Å². The fourth-order valence-corrected chi connectivity index (χ4v) is 3.07. The van der Waals surface area contributed by atoms with E-state index in [1.807, 2.05) is 7.05 Å². The molecule has 1 saturated heterocycles. The van der Waals surface area contributed by atoms with Crippen molar-refractivity contribution >= 4 is 29.9 Å². The molecule has 0 aliphatic carbocycles. The van der Waals surface area contributed by atoms with E-state index in [1.165, 1.54) is 51.7 Å². The summed E-state index contributed by atoms with van der Waals surface area (Å²) >= 11 is 0. The van der Waals surface area contributed by atoms with Crippen molar-refractivity contribution in [3.05, 3.63) is 0 Å². The lowest BCUT2D eigenvalue weighted by Crippen LogP contribution is -2.43. The number of hydrogen-bond donors (Lipinski definition) is 2. The van der Waals surface area contributed by atoms with Crippen LogP contribution in [0.5, 0.6) is 0 Å². The fourth-order valence-electron chi connectivity index (χ4n) is 3.07. The minimum absolute atomic E-state index is 0. The highest BCUT2D eigenvalue weighted by atomic mass is 127. The van der Waals surface area contributed by atoms with E-state index in [-0.39, 0.29) is 24.0 Å². The van der Waals surface area contributed by atoms with Crippen LogP contribution in [0.1, 0.15) is 59.8 Å². The Bertz CT molecular complexity index is 312. The van der Waals surface area contributed by atoms with Crippen LogP contribution >= 0.6 is 24.0 Å². The summed E-state index contributed by atoms with van der Waals surface area (Å²) in [6.45, 7) is 13.9. The summed E-state index contributed by atoms with van der Waals surface area (Å²) in [5, 5.41) is 6.99. The van der Waals surface area contributed by atoms with Gasteiger partial charge in [-0.15, -0.1) is 24.0 Å². The van der Waals surface area contributed by atoms with Gasteiger partial charge in [0.2, 0.25) is 0 Å². The quantitative estimate of drug-likeness (QED) is 0.345. The number of aliphatic imine (C=N–C) groups is 1. The Morgan fingerprint density at radius 1 is 1.17 bits per heavy atom. The second-order valence-corrected chi connectivity index (χ2v) is 7.18. The van der Waals surface area contributed by atoms with Gasteiger partial charge in [-0.05, 0) is 70.5 Å². The van der Waals surface area contributed by atoms with Crippen LogP contribution in [0.25, 0.3) is 0 Å². The molecule has 1 aliphatic rings. The molecule has 0 aromatic rings. The zero-order chi connectivity index (χ0) is 16.4. The number of guanidine groups is 1. The second-order valence-electron chi connectivity index (χ2n) is 7.18. The van der Waals surface area contributed by atoms with Gasteiger partial charge in [0.1, 0.15) is 0 Å². The molecule has 4 nitrogen and oxygen atoms in total. The van der Waals surface area contributed by atoms with Crippen LogP contribution < -0.4 is 10.6 Å². The molecule has 5 heteroatoms. The van der Waals surface area contributed by atoms with Crippen molar-refractivity contribution < 1.29 is 0 Å². The van der Waals surface area contributed by atoms with E-state index in [0.717, 1.165) is 24.3 Å². The third-order valence-electron chi connectivity index (χ3n) is 4.78. The average Bonchev–Trinajstić information content (AvgIpc) is 2.52. The predicted molar refractivity (Wildman–Crippen MR) is 113 cm³/mol. The molecule has 138 valence electrons. The van der Waals surface area contributed by atoms with E-state index in [0.29, 0.717) is 6.04 Å². The van der Waals surface area contributed by atoms with Gasteiger partial charge in [0.05, 0.1) is 0 Å². The van der Waals surface area contributed by atoms with E-state index in [4.69, 9.17) is 0 Å². The molecule has 1 rings (SSSR count). The largest absolute Gasteiger partial charge is 0.356 e. The Labute approximate surface area is 161 Å². The van der Waals surface area contributed by atoms with Crippen molar-refractivity contribution in [3.8, 4) is 0 Å². The summed E-state index contributed by atoms with van der Waals surface area (Å²) in [6, 6.07) is 0.487. The lowest BCUT2D eigenvalue weighted by atomic mass is 9.93. The minimum atomic E-state index is 0. The zero-order valence-corrected chi connectivity index (χ0v) is 18.2. The fraction of sp³-hybridized carbons (Fsp3) is 0.944. The molecule has 0 bridgehead atoms. The average molecular weight is 438 g/mol. The standard InChI is InChI=1S/C18H38N4.HI/c1-6-22-13-10-17(11-14-22)9-12-20-18(19-5)21-16(4)8-7-15(2)3;/h15-17H,6-14H2,1-5H3,(H2,19,20,21);1H. The van der Waals surface area contributed by atoms with Gasteiger partial charge in [0.15, 0.2) is 5.96 Å². The molecular formula is C18H39IN4. The summed E-state index contributed by atoms with van der Waals surface area (Å²) in [5.74, 6) is 2.61. The van der Waals surface area contributed by atoms with Crippen LogP contribution in [0.3, 0.4) is 0 Å². The van der Waals surface area contributed by atoms with Gasteiger partial charge >= 0.3 is 0 Å². The maximum absolute atomic E-state index is 4.35. The molecule has 23 heavy (non-hydrogen) atoms. The SMILES string of the molecule is CCN1CCC(CCNC(=NC)NC(C)CCC(C)C)CC1.I. The van der Waals surface area contributed by atoms with Crippen LogP contribution in [-0.4, -0.2) is 50.1 Å². The van der Waals surface area contributed by atoms with E-state index >= 15 is 0 Å². The molecule has 0 spiro atoms. The summed E-state index contributed by atoms with van der Waals surface area (Å²) in [4.78, 5) is 6.91. The van der Waals surface area contributed by atoms with Crippen molar-refractivity contribution in [1.82, 2.24) is 15.5 Å². The molecule has 2 N–H and O–H groups in total. The van der Waals surface area contributed by atoms with E-state index < -0.39 is 0 Å². The third-order valence-corrected chi connectivity index (χ3v) is 4.78. The molecule has 0 amide bonds. The number of hydrogen-bond acceptors (Lipinski definition) is 2. The summed E-state index contributed by atoms with van der Waals surface area (Å²) < 4.78 is 0. The number of nitrogens with zero attached hydrogens (tertiary/aromatic N) is 2. The van der Waals surface area contributed by atoms with Gasteiger partial charge in [-0.3, -0.25) is 4.99 Å². The van der Waals surface area contributed by atoms with Crippen molar-refractivity contribution in [1.29, 1.82) is 0 Å². The monoisotopic (exact) mass is 438 g/mol. The number of likely N-dealkylation sites (tertiary alicyclic amines) is 1. The van der Waals surface area contributed by atoms with Gasteiger partial charge in [0, 0.05) is 19.6 Å². The molecule has 1 unspecified atom stereocenters. The van der Waals surface area contributed by atoms with E-state index in [9.17, 15) is 0 Å². The lowest BCUT2D eigenvalue weighted by Gasteiger charge is -2.31. The summed E-state index contributed by atoms with van der Waals surface area (Å²) in [5.41, 5.74) is 0. The number of piperidine rings is 1. The van der Waals surface area contributed by atoms with Crippen LogP contribution in [-0.2, 0) is 0 Å². The topological polar surface area (TPSA) is 39.7 Å². The van der Waals surface area contributed by atoms with E-state index in [1.54, 1.807) is 0 Å². The Kier molecular flexibility index (Phi) is 13.3. The number of nitrogens with one attached hydrogen (secondary N) is 2. The molecule has 1 atom stereocenters. The van der Waals surface area contributed by atoms with Gasteiger partial charge in [0.25, 0.3) is 0 Å². The Hall–Kier alpha value is -0.0400. The first-order chi connectivity index (χ1) is 10.5. The molecule has 0 aromatic carbocycles. The number of rotatable bonds is 8. The first-order valence-corrected chi connectivity index (χ1v) is 9.24. The van der Waals surface area contributed by atoms with Gasteiger partial charge < -0.3 is 15.5 Å². The lowest BCUT2D eigenvalue weighted by molar-refractivity contribution is 0.187. The normalized spacial score (nSPS) is 18.6. The van der Waals surface area contributed by atoms with Crippen molar-refractivity contribution in [2.45, 2.75) is 65.8 Å². The van der Waals surface area contributed by atoms with Gasteiger partial charge in [-0.1, -0.05) is 20.8 Å². The first kappa shape index (κ1) is 23.0. The van der Waals surface area contributed by atoms with Crippen LogP contribution in [0.15, 0.2) is 4.99 Å². The Morgan fingerprint density at radius 2 is 1.83 bits per heavy atom. The molecule has 1 heterocycles. The summed E-state index contributed by atoms with van der Waals surface area (Å²) in [6.07, 6.45) is 6.44. The second kappa shape index (κ2) is 13.3. The maximum Gasteiger partial charge on any atom is 0.191 e. The zero-order valence-electron chi connectivity index (χ0n) is 15.9. The highest BCUT2D eigenvalue weighted by molar-refractivity contribution is 14.0. The van der Waals surface area contributed by atoms with Crippen LogP contribution in [0.2, 0.25) is 0 Å². The van der Waals surface area contributed by atoms with Gasteiger partial charge in [-0.25, -0.2) is 0 Å². The molecule has 0 radical (unpaired) electrons. The minimum Gasteiger partial charge on any atom is -0.356 e. The predicted octanol–water partition coefficient (Wildman–Crippen LogP) is 3.72. The van der Waals surface area contributed by atoms with Crippen molar-refractivity contribution in [2.24, 2.45) is 16.8 Å². The molecule has 1 fully saturated rings. The maximum atomic E-state index is 4.35. The third kappa shape index (κ3) is 10.4.